The van der Waals surface area contributed by atoms with Gasteiger partial charge in [-0.25, -0.2) is 0 Å². The molecule has 1 aliphatic rings. The number of carbonyl (C=O) groups excluding carboxylic acids is 2. The second kappa shape index (κ2) is 7.25. The first kappa shape index (κ1) is 16.2. The first-order valence-electron chi connectivity index (χ1n) is 8.13. The zero-order valence-corrected chi connectivity index (χ0v) is 13.4. The summed E-state index contributed by atoms with van der Waals surface area (Å²) in [7, 11) is 0. The van der Waals surface area contributed by atoms with Gasteiger partial charge >= 0.3 is 0 Å². The lowest BCUT2D eigenvalue weighted by Gasteiger charge is -2.31. The Hall–Kier alpha value is -2.69. The average molecular weight is 324 g/mol. The maximum atomic E-state index is 12.4. The zero-order chi connectivity index (χ0) is 16.9. The molecule has 1 saturated heterocycles. The Kier molecular flexibility index (Phi) is 4.89. The van der Waals surface area contributed by atoms with E-state index >= 15 is 0 Å². The van der Waals surface area contributed by atoms with Gasteiger partial charge < -0.3 is 10.0 Å². The van der Waals surface area contributed by atoms with E-state index in [4.69, 9.17) is 0 Å². The molecule has 3 rings (SSSR count). The number of hydrogen-bond acceptors (Lipinski definition) is 4. The number of benzene rings is 1. The third-order valence-electron chi connectivity index (χ3n) is 4.46. The van der Waals surface area contributed by atoms with Crippen molar-refractivity contribution in [3.63, 3.8) is 0 Å². The van der Waals surface area contributed by atoms with Crippen LogP contribution in [0.5, 0.6) is 5.75 Å². The maximum absolute atomic E-state index is 12.4. The Balaban J connectivity index is 1.54. The van der Waals surface area contributed by atoms with Crippen LogP contribution in [0.15, 0.2) is 48.8 Å². The molecule has 0 saturated carbocycles. The molecule has 2 aromatic rings. The van der Waals surface area contributed by atoms with Crippen molar-refractivity contribution in [2.75, 3.05) is 13.1 Å². The molecule has 1 N–H and O–H groups in total. The number of ketones is 1. The van der Waals surface area contributed by atoms with Crippen LogP contribution in [0, 0.1) is 5.92 Å². The van der Waals surface area contributed by atoms with Gasteiger partial charge in [0.2, 0.25) is 5.91 Å². The third-order valence-corrected chi connectivity index (χ3v) is 4.46. The fraction of sp³-hybridized carbons (Fsp3) is 0.316. The molecule has 2 heterocycles. The van der Waals surface area contributed by atoms with E-state index in [2.05, 4.69) is 4.98 Å². The summed E-state index contributed by atoms with van der Waals surface area (Å²) in [6.07, 6.45) is 4.96. The minimum absolute atomic E-state index is 0.0353. The number of aromatic hydroxyl groups is 1. The summed E-state index contributed by atoms with van der Waals surface area (Å²) in [5, 5.41) is 9.28. The van der Waals surface area contributed by atoms with E-state index in [9.17, 15) is 14.7 Å². The van der Waals surface area contributed by atoms with Gasteiger partial charge in [-0.1, -0.05) is 12.1 Å². The lowest BCUT2D eigenvalue weighted by atomic mass is 9.89. The summed E-state index contributed by atoms with van der Waals surface area (Å²) in [5.74, 6) is 0.342. The highest BCUT2D eigenvalue weighted by Gasteiger charge is 2.27. The quantitative estimate of drug-likeness (QED) is 0.877. The number of Topliss-reactive ketones (excluding diaryl/α,β-unsaturated/α-hetero) is 1. The van der Waals surface area contributed by atoms with E-state index in [0.29, 0.717) is 37.9 Å². The second-order valence-electron chi connectivity index (χ2n) is 6.10. The molecule has 1 aliphatic heterocycles. The van der Waals surface area contributed by atoms with Crippen molar-refractivity contribution < 1.29 is 14.7 Å². The van der Waals surface area contributed by atoms with Crippen molar-refractivity contribution in [3.8, 4) is 5.75 Å². The number of nitrogens with zero attached hydrogens (tertiary/aromatic N) is 2. The van der Waals surface area contributed by atoms with Gasteiger partial charge in [-0.2, -0.15) is 0 Å². The molecule has 0 atom stereocenters. The van der Waals surface area contributed by atoms with Crippen LogP contribution in [-0.2, 0) is 11.2 Å². The molecule has 0 unspecified atom stereocenters. The number of piperidine rings is 1. The third kappa shape index (κ3) is 3.79. The van der Waals surface area contributed by atoms with Gasteiger partial charge in [-0.15, -0.1) is 0 Å². The molecule has 1 aromatic heterocycles. The molecule has 0 radical (unpaired) electrons. The van der Waals surface area contributed by atoms with E-state index in [1.54, 1.807) is 48.8 Å². The summed E-state index contributed by atoms with van der Waals surface area (Å²) >= 11 is 0. The van der Waals surface area contributed by atoms with Crippen LogP contribution < -0.4 is 0 Å². The highest BCUT2D eigenvalue weighted by molar-refractivity contribution is 5.97. The van der Waals surface area contributed by atoms with Gasteiger partial charge in [-0.05, 0) is 42.7 Å². The summed E-state index contributed by atoms with van der Waals surface area (Å²) in [6.45, 7) is 1.21. The fourth-order valence-electron chi connectivity index (χ4n) is 3.04. The van der Waals surface area contributed by atoms with Crippen molar-refractivity contribution in [1.82, 2.24) is 9.88 Å². The van der Waals surface area contributed by atoms with Crippen LogP contribution in [0.3, 0.4) is 0 Å². The molecule has 5 heteroatoms. The van der Waals surface area contributed by atoms with Crippen molar-refractivity contribution >= 4 is 11.7 Å². The van der Waals surface area contributed by atoms with E-state index < -0.39 is 0 Å². The van der Waals surface area contributed by atoms with Gasteiger partial charge in [0, 0.05) is 37.0 Å². The molecule has 0 bridgehead atoms. The Morgan fingerprint density at radius 3 is 2.46 bits per heavy atom. The fourth-order valence-corrected chi connectivity index (χ4v) is 3.04. The Labute approximate surface area is 140 Å². The molecular weight excluding hydrogens is 304 g/mol. The van der Waals surface area contributed by atoms with Crippen molar-refractivity contribution in [2.45, 2.75) is 19.3 Å². The number of carbonyl (C=O) groups is 2. The molecule has 24 heavy (non-hydrogen) atoms. The summed E-state index contributed by atoms with van der Waals surface area (Å²) < 4.78 is 0. The van der Waals surface area contributed by atoms with E-state index in [1.165, 1.54) is 0 Å². The SMILES string of the molecule is O=C(c1cccnc1)C1CCN(C(=O)Cc2ccc(O)cc2)CC1. The molecule has 1 fully saturated rings. The average Bonchev–Trinajstić information content (AvgIpc) is 2.64. The van der Waals surface area contributed by atoms with Crippen LogP contribution in [0.1, 0.15) is 28.8 Å². The predicted octanol–water partition coefficient (Wildman–Crippen LogP) is 2.45. The number of amides is 1. The van der Waals surface area contributed by atoms with E-state index in [1.807, 2.05) is 4.90 Å². The lowest BCUT2D eigenvalue weighted by Crippen LogP contribution is -2.41. The Morgan fingerprint density at radius 1 is 1.12 bits per heavy atom. The number of pyridine rings is 1. The molecule has 0 aliphatic carbocycles. The Bertz CT molecular complexity index is 705. The van der Waals surface area contributed by atoms with Gasteiger partial charge in [-0.3, -0.25) is 14.6 Å². The van der Waals surface area contributed by atoms with Gasteiger partial charge in [0.25, 0.3) is 0 Å². The largest absolute Gasteiger partial charge is 0.508 e. The minimum Gasteiger partial charge on any atom is -0.508 e. The van der Waals surface area contributed by atoms with Crippen molar-refractivity contribution in [2.24, 2.45) is 5.92 Å². The molecular formula is C19H20N2O3. The zero-order valence-electron chi connectivity index (χ0n) is 13.4. The topological polar surface area (TPSA) is 70.5 Å². The monoisotopic (exact) mass is 324 g/mol. The maximum Gasteiger partial charge on any atom is 0.226 e. The molecule has 1 aromatic carbocycles. The number of aromatic nitrogens is 1. The number of phenolic OH excluding ortho intramolecular Hbond substituents is 1. The van der Waals surface area contributed by atoms with Crippen LogP contribution >= 0.6 is 0 Å². The summed E-state index contributed by atoms with van der Waals surface area (Å²) in [4.78, 5) is 30.6. The Morgan fingerprint density at radius 2 is 1.83 bits per heavy atom. The first-order chi connectivity index (χ1) is 11.6. The van der Waals surface area contributed by atoms with Gasteiger partial charge in [0.1, 0.15) is 5.75 Å². The van der Waals surface area contributed by atoms with Crippen LogP contribution in [-0.4, -0.2) is 39.8 Å². The number of hydrogen-bond donors (Lipinski definition) is 1. The molecule has 0 spiro atoms. The van der Waals surface area contributed by atoms with Crippen LogP contribution in [0.2, 0.25) is 0 Å². The standard InChI is InChI=1S/C19H20N2O3/c22-17-5-3-14(4-6-17)12-18(23)21-10-7-15(8-11-21)19(24)16-2-1-9-20-13-16/h1-6,9,13,15,22H,7-8,10-12H2. The van der Waals surface area contributed by atoms with Crippen molar-refractivity contribution in [1.29, 1.82) is 0 Å². The van der Waals surface area contributed by atoms with Crippen LogP contribution in [0.25, 0.3) is 0 Å². The van der Waals surface area contributed by atoms with E-state index in [-0.39, 0.29) is 23.4 Å². The van der Waals surface area contributed by atoms with Gasteiger partial charge in [0.15, 0.2) is 5.78 Å². The summed E-state index contributed by atoms with van der Waals surface area (Å²) in [6, 6.07) is 10.2. The summed E-state index contributed by atoms with van der Waals surface area (Å²) in [5.41, 5.74) is 1.53. The van der Waals surface area contributed by atoms with Crippen molar-refractivity contribution in [3.05, 3.63) is 59.9 Å². The molecule has 5 nitrogen and oxygen atoms in total. The smallest absolute Gasteiger partial charge is 0.226 e. The number of phenols is 1. The number of likely N-dealkylation sites (tertiary alicyclic amines) is 1. The highest BCUT2D eigenvalue weighted by atomic mass is 16.3. The van der Waals surface area contributed by atoms with E-state index in [0.717, 1.165) is 5.56 Å². The molecule has 124 valence electrons. The first-order valence-corrected chi connectivity index (χ1v) is 8.13. The van der Waals surface area contributed by atoms with Crippen LogP contribution in [0.4, 0.5) is 0 Å². The predicted molar refractivity (Wildman–Crippen MR) is 89.7 cm³/mol. The second-order valence-corrected chi connectivity index (χ2v) is 6.10. The minimum atomic E-state index is -0.0353. The number of rotatable bonds is 4. The molecule has 1 amide bonds. The lowest BCUT2D eigenvalue weighted by molar-refractivity contribution is -0.131. The van der Waals surface area contributed by atoms with Gasteiger partial charge in [0.05, 0.1) is 6.42 Å². The highest BCUT2D eigenvalue weighted by Crippen LogP contribution is 2.22. The normalized spacial score (nSPS) is 15.2.